The molecule has 3 heteroatoms. The van der Waals surface area contributed by atoms with Crippen molar-refractivity contribution in [2.24, 2.45) is 5.84 Å². The number of nitrogens with two attached hydrogens (primary N) is 1. The van der Waals surface area contributed by atoms with Crippen molar-refractivity contribution in [2.45, 2.75) is 44.8 Å². The van der Waals surface area contributed by atoms with E-state index in [1.807, 2.05) is 0 Å². The third-order valence-electron chi connectivity index (χ3n) is 3.45. The fraction of sp³-hybridized carbons (Fsp3) is 0.571. The lowest BCUT2D eigenvalue weighted by molar-refractivity contribution is -0.00744. The summed E-state index contributed by atoms with van der Waals surface area (Å²) in [6, 6.07) is 8.85. The molecular weight excluding hydrogens is 212 g/mol. The Bertz CT molecular complexity index is 331. The minimum absolute atomic E-state index is 0.220. The van der Waals surface area contributed by atoms with Crippen LogP contribution < -0.4 is 11.3 Å². The van der Waals surface area contributed by atoms with Crippen molar-refractivity contribution >= 4 is 0 Å². The average molecular weight is 234 g/mol. The minimum atomic E-state index is 0.220. The van der Waals surface area contributed by atoms with Crippen molar-refractivity contribution in [3.8, 4) is 0 Å². The number of hydrogen-bond acceptors (Lipinski definition) is 3. The zero-order valence-electron chi connectivity index (χ0n) is 10.5. The van der Waals surface area contributed by atoms with Crippen molar-refractivity contribution in [3.63, 3.8) is 0 Å². The van der Waals surface area contributed by atoms with E-state index in [2.05, 4.69) is 36.6 Å². The van der Waals surface area contributed by atoms with Crippen LogP contribution in [0.1, 0.15) is 30.4 Å². The predicted octanol–water partition coefficient (Wildman–Crippen LogP) is 1.94. The highest BCUT2D eigenvalue weighted by atomic mass is 16.5. The number of ether oxygens (including phenoxy) is 1. The van der Waals surface area contributed by atoms with Crippen LogP contribution in [0, 0.1) is 6.92 Å². The standard InChI is InChI=1S/C14H22N2O/c1-11-5-7-12(8-6-11)10-13(16-15)14-4-2-3-9-17-14/h5-8,13-14,16H,2-4,9-10,15H2,1H3. The van der Waals surface area contributed by atoms with Gasteiger partial charge in [-0.05, 0) is 38.2 Å². The Labute approximate surface area is 103 Å². The molecular formula is C14H22N2O. The highest BCUT2D eigenvalue weighted by Gasteiger charge is 2.23. The Balaban J connectivity index is 1.96. The molecule has 1 aliphatic heterocycles. The maximum Gasteiger partial charge on any atom is 0.0744 e. The summed E-state index contributed by atoms with van der Waals surface area (Å²) in [6.07, 6.45) is 4.73. The molecule has 1 saturated heterocycles. The Hall–Kier alpha value is -0.900. The van der Waals surface area contributed by atoms with Crippen LogP contribution in [-0.4, -0.2) is 18.8 Å². The highest BCUT2D eigenvalue weighted by molar-refractivity contribution is 5.22. The SMILES string of the molecule is Cc1ccc(CC(NN)C2CCCCO2)cc1. The molecule has 3 N–H and O–H groups in total. The smallest absolute Gasteiger partial charge is 0.0744 e. The zero-order valence-corrected chi connectivity index (χ0v) is 10.5. The van der Waals surface area contributed by atoms with Gasteiger partial charge in [-0.25, -0.2) is 0 Å². The van der Waals surface area contributed by atoms with Gasteiger partial charge < -0.3 is 4.74 Å². The molecule has 2 atom stereocenters. The summed E-state index contributed by atoms with van der Waals surface area (Å²) >= 11 is 0. The minimum Gasteiger partial charge on any atom is -0.377 e. The fourth-order valence-electron chi connectivity index (χ4n) is 2.36. The molecule has 2 rings (SSSR count). The van der Waals surface area contributed by atoms with Gasteiger partial charge in [-0.2, -0.15) is 0 Å². The third kappa shape index (κ3) is 3.53. The quantitative estimate of drug-likeness (QED) is 0.618. The molecule has 94 valence electrons. The zero-order chi connectivity index (χ0) is 12.1. The van der Waals surface area contributed by atoms with Crippen LogP contribution in [0.15, 0.2) is 24.3 Å². The third-order valence-corrected chi connectivity index (χ3v) is 3.45. The van der Waals surface area contributed by atoms with E-state index in [1.54, 1.807) is 0 Å². The number of benzene rings is 1. The molecule has 0 aromatic heterocycles. The number of rotatable bonds is 4. The van der Waals surface area contributed by atoms with Gasteiger partial charge in [-0.15, -0.1) is 0 Å². The van der Waals surface area contributed by atoms with E-state index in [-0.39, 0.29) is 12.1 Å². The monoisotopic (exact) mass is 234 g/mol. The van der Waals surface area contributed by atoms with Gasteiger partial charge >= 0.3 is 0 Å². The molecule has 1 fully saturated rings. The normalized spacial score (nSPS) is 22.4. The van der Waals surface area contributed by atoms with Gasteiger partial charge in [-0.3, -0.25) is 11.3 Å². The van der Waals surface area contributed by atoms with Crippen LogP contribution in [0.2, 0.25) is 0 Å². The Morgan fingerprint density at radius 1 is 1.35 bits per heavy atom. The van der Waals surface area contributed by atoms with E-state index in [4.69, 9.17) is 10.6 Å². The molecule has 0 spiro atoms. The molecule has 1 aromatic carbocycles. The number of aryl methyl sites for hydroxylation is 1. The molecule has 0 amide bonds. The first-order valence-electron chi connectivity index (χ1n) is 6.43. The fourth-order valence-corrected chi connectivity index (χ4v) is 2.36. The summed E-state index contributed by atoms with van der Waals surface area (Å²) in [5, 5.41) is 0. The van der Waals surface area contributed by atoms with E-state index in [0.717, 1.165) is 19.4 Å². The lowest BCUT2D eigenvalue weighted by Crippen LogP contribution is -2.47. The number of hydrogen-bond donors (Lipinski definition) is 2. The van der Waals surface area contributed by atoms with E-state index >= 15 is 0 Å². The first kappa shape index (κ1) is 12.6. The lowest BCUT2D eigenvalue weighted by Gasteiger charge is -2.30. The average Bonchev–Trinajstić information content (AvgIpc) is 2.39. The van der Waals surface area contributed by atoms with E-state index in [0.29, 0.717) is 0 Å². The number of nitrogens with one attached hydrogen (secondary N) is 1. The van der Waals surface area contributed by atoms with Gasteiger partial charge in [0.05, 0.1) is 12.1 Å². The van der Waals surface area contributed by atoms with Gasteiger partial charge in [0, 0.05) is 6.61 Å². The second-order valence-electron chi connectivity index (χ2n) is 4.87. The van der Waals surface area contributed by atoms with Crippen molar-refractivity contribution in [3.05, 3.63) is 35.4 Å². The van der Waals surface area contributed by atoms with Crippen LogP contribution in [0.4, 0.5) is 0 Å². The maximum absolute atomic E-state index is 5.78. The lowest BCUT2D eigenvalue weighted by atomic mass is 9.96. The van der Waals surface area contributed by atoms with Gasteiger partial charge in [0.1, 0.15) is 0 Å². The Kier molecular flexibility index (Phi) is 4.54. The molecule has 17 heavy (non-hydrogen) atoms. The highest BCUT2D eigenvalue weighted by Crippen LogP contribution is 2.18. The van der Waals surface area contributed by atoms with Gasteiger partial charge in [0.25, 0.3) is 0 Å². The maximum atomic E-state index is 5.78. The Morgan fingerprint density at radius 3 is 2.71 bits per heavy atom. The topological polar surface area (TPSA) is 47.3 Å². The summed E-state index contributed by atoms with van der Waals surface area (Å²) in [6.45, 7) is 2.98. The van der Waals surface area contributed by atoms with Crippen LogP contribution in [0.25, 0.3) is 0 Å². The first-order chi connectivity index (χ1) is 8.29. The van der Waals surface area contributed by atoms with Crippen molar-refractivity contribution in [1.82, 2.24) is 5.43 Å². The first-order valence-corrected chi connectivity index (χ1v) is 6.43. The van der Waals surface area contributed by atoms with Crippen LogP contribution >= 0.6 is 0 Å². The molecule has 1 aromatic rings. The van der Waals surface area contributed by atoms with E-state index < -0.39 is 0 Å². The van der Waals surface area contributed by atoms with Gasteiger partial charge in [0.2, 0.25) is 0 Å². The largest absolute Gasteiger partial charge is 0.377 e. The van der Waals surface area contributed by atoms with Gasteiger partial charge in [-0.1, -0.05) is 29.8 Å². The molecule has 1 aliphatic rings. The summed E-state index contributed by atoms with van der Waals surface area (Å²) in [5.74, 6) is 5.65. The van der Waals surface area contributed by atoms with Crippen LogP contribution in [0.5, 0.6) is 0 Å². The molecule has 3 nitrogen and oxygen atoms in total. The van der Waals surface area contributed by atoms with Crippen LogP contribution in [0.3, 0.4) is 0 Å². The Morgan fingerprint density at radius 2 is 2.12 bits per heavy atom. The molecule has 2 unspecified atom stereocenters. The summed E-state index contributed by atoms with van der Waals surface area (Å²) in [7, 11) is 0. The second-order valence-corrected chi connectivity index (χ2v) is 4.87. The molecule has 0 aliphatic carbocycles. The molecule has 1 heterocycles. The van der Waals surface area contributed by atoms with Crippen molar-refractivity contribution in [1.29, 1.82) is 0 Å². The molecule has 0 bridgehead atoms. The number of hydrazine groups is 1. The second kappa shape index (κ2) is 6.15. The van der Waals surface area contributed by atoms with E-state index in [1.165, 1.54) is 24.0 Å². The van der Waals surface area contributed by atoms with Crippen molar-refractivity contribution in [2.75, 3.05) is 6.61 Å². The van der Waals surface area contributed by atoms with E-state index in [9.17, 15) is 0 Å². The summed E-state index contributed by atoms with van der Waals surface area (Å²) < 4.78 is 5.78. The summed E-state index contributed by atoms with van der Waals surface area (Å²) in [5.41, 5.74) is 5.51. The molecule has 0 saturated carbocycles. The predicted molar refractivity (Wildman–Crippen MR) is 69.6 cm³/mol. The summed E-state index contributed by atoms with van der Waals surface area (Å²) in [4.78, 5) is 0. The van der Waals surface area contributed by atoms with Crippen molar-refractivity contribution < 1.29 is 4.74 Å². The van der Waals surface area contributed by atoms with Crippen LogP contribution in [-0.2, 0) is 11.2 Å². The molecule has 0 radical (unpaired) electrons. The van der Waals surface area contributed by atoms with Gasteiger partial charge in [0.15, 0.2) is 0 Å².